The average Bonchev–Trinajstić information content (AvgIpc) is 3.25. The van der Waals surface area contributed by atoms with Crippen molar-refractivity contribution < 1.29 is 9.18 Å². The highest BCUT2D eigenvalue weighted by molar-refractivity contribution is 5.74. The van der Waals surface area contributed by atoms with Crippen molar-refractivity contribution in [1.82, 2.24) is 15.5 Å². The fourth-order valence-corrected chi connectivity index (χ4v) is 3.57. The average molecular weight is 412 g/mol. The Morgan fingerprint density at radius 1 is 1.00 bits per heavy atom. The van der Waals surface area contributed by atoms with Gasteiger partial charge in [-0.15, -0.1) is 0 Å². The van der Waals surface area contributed by atoms with Crippen LogP contribution >= 0.6 is 0 Å². The topological polar surface area (TPSA) is 44.4 Å². The van der Waals surface area contributed by atoms with Crippen LogP contribution in [0.3, 0.4) is 0 Å². The molecule has 30 heavy (non-hydrogen) atoms. The number of rotatable bonds is 2. The molecule has 1 atom stereocenters. The predicted molar refractivity (Wildman–Crippen MR) is 120 cm³/mol. The van der Waals surface area contributed by atoms with Gasteiger partial charge in [0, 0.05) is 19.6 Å². The first-order valence-electron chi connectivity index (χ1n) is 11.2. The zero-order valence-corrected chi connectivity index (χ0v) is 17.8. The van der Waals surface area contributed by atoms with E-state index in [1.807, 2.05) is 11.0 Å². The molecule has 2 aliphatic heterocycles. The number of hydrogen-bond acceptors (Lipinski definition) is 2. The van der Waals surface area contributed by atoms with Crippen molar-refractivity contribution in [3.05, 3.63) is 71.5 Å². The standard InChI is InChI=1S/C15H21N3O.C6H5F.C4H8/c19-15(17-10-12-5-7-16-9-12)18-8-6-13-3-1-2-4-14(13)11-18;7-6-4-2-1-3-5-6;1-2-4-3-1/h1-4,12,16H,5-11H2,(H,17,19);1-5H;1-4H2. The van der Waals surface area contributed by atoms with Crippen LogP contribution in [0.1, 0.15) is 43.2 Å². The van der Waals surface area contributed by atoms with Crippen molar-refractivity contribution in [3.8, 4) is 0 Å². The first-order valence-corrected chi connectivity index (χ1v) is 11.2. The van der Waals surface area contributed by atoms with Gasteiger partial charge in [0.15, 0.2) is 0 Å². The fourth-order valence-electron chi connectivity index (χ4n) is 3.57. The molecular weight excluding hydrogens is 377 g/mol. The lowest BCUT2D eigenvalue weighted by Crippen LogP contribution is -2.44. The summed E-state index contributed by atoms with van der Waals surface area (Å²) in [6.07, 6.45) is 8.14. The summed E-state index contributed by atoms with van der Waals surface area (Å²) in [4.78, 5) is 14.1. The molecule has 4 nitrogen and oxygen atoms in total. The molecule has 162 valence electrons. The van der Waals surface area contributed by atoms with E-state index in [2.05, 4.69) is 28.8 Å². The van der Waals surface area contributed by atoms with E-state index in [0.717, 1.165) is 39.1 Å². The van der Waals surface area contributed by atoms with Crippen LogP contribution < -0.4 is 10.6 Å². The lowest BCUT2D eigenvalue weighted by atomic mass is 10.0. The minimum atomic E-state index is -0.178. The molecule has 1 aliphatic carbocycles. The molecule has 0 aromatic heterocycles. The third-order valence-electron chi connectivity index (χ3n) is 5.86. The van der Waals surface area contributed by atoms with Gasteiger partial charge in [-0.2, -0.15) is 0 Å². The summed E-state index contributed by atoms with van der Waals surface area (Å²) in [6.45, 7) is 4.47. The van der Waals surface area contributed by atoms with Gasteiger partial charge in [0.1, 0.15) is 5.82 Å². The van der Waals surface area contributed by atoms with E-state index in [9.17, 15) is 9.18 Å². The first-order chi connectivity index (χ1) is 14.7. The Balaban J connectivity index is 0.000000189. The summed E-state index contributed by atoms with van der Waals surface area (Å²) in [6, 6.07) is 16.4. The summed E-state index contributed by atoms with van der Waals surface area (Å²) >= 11 is 0. The van der Waals surface area contributed by atoms with E-state index in [1.165, 1.54) is 55.4 Å². The number of hydrogen-bond donors (Lipinski definition) is 2. The lowest BCUT2D eigenvalue weighted by Gasteiger charge is -2.29. The number of carbonyl (C=O) groups excluding carboxylic acids is 1. The van der Waals surface area contributed by atoms with Gasteiger partial charge in [-0.25, -0.2) is 9.18 Å². The highest BCUT2D eigenvalue weighted by atomic mass is 19.1. The van der Waals surface area contributed by atoms with Crippen molar-refractivity contribution >= 4 is 6.03 Å². The molecule has 0 radical (unpaired) electrons. The van der Waals surface area contributed by atoms with E-state index in [1.54, 1.807) is 18.2 Å². The van der Waals surface area contributed by atoms with Crippen molar-refractivity contribution in [2.75, 3.05) is 26.2 Å². The van der Waals surface area contributed by atoms with E-state index >= 15 is 0 Å². The van der Waals surface area contributed by atoms with Gasteiger partial charge < -0.3 is 15.5 Å². The van der Waals surface area contributed by atoms with Crippen molar-refractivity contribution in [2.45, 2.75) is 45.1 Å². The monoisotopic (exact) mass is 411 g/mol. The molecule has 0 spiro atoms. The molecule has 1 saturated carbocycles. The van der Waals surface area contributed by atoms with Gasteiger partial charge in [-0.3, -0.25) is 0 Å². The Kier molecular flexibility index (Phi) is 9.16. The summed E-state index contributed by atoms with van der Waals surface area (Å²) in [7, 11) is 0. The molecular formula is C25H34FN3O. The molecule has 5 rings (SSSR count). The second kappa shape index (κ2) is 12.3. The summed E-state index contributed by atoms with van der Waals surface area (Å²) in [5, 5.41) is 6.40. The van der Waals surface area contributed by atoms with Gasteiger partial charge in [0.05, 0.1) is 0 Å². The molecule has 0 bridgehead atoms. The summed E-state index contributed by atoms with van der Waals surface area (Å²) in [5.41, 5.74) is 2.66. The molecule has 2 amide bonds. The first kappa shape index (κ1) is 22.3. The molecule has 2 aromatic carbocycles. The van der Waals surface area contributed by atoms with Crippen LogP contribution in [0.15, 0.2) is 54.6 Å². The molecule has 2 fully saturated rings. The Labute approximate surface area is 179 Å². The van der Waals surface area contributed by atoms with Crippen LogP contribution in [0.25, 0.3) is 0 Å². The van der Waals surface area contributed by atoms with E-state index in [-0.39, 0.29) is 11.8 Å². The van der Waals surface area contributed by atoms with E-state index in [4.69, 9.17) is 0 Å². The molecule has 2 N–H and O–H groups in total. The van der Waals surface area contributed by atoms with Crippen LogP contribution in [0, 0.1) is 11.7 Å². The van der Waals surface area contributed by atoms with Gasteiger partial charge in [0.25, 0.3) is 0 Å². The van der Waals surface area contributed by atoms with Crippen LogP contribution in [-0.4, -0.2) is 37.1 Å². The van der Waals surface area contributed by atoms with E-state index in [0.29, 0.717) is 5.92 Å². The van der Waals surface area contributed by atoms with Crippen LogP contribution in [0.4, 0.5) is 9.18 Å². The maximum atomic E-state index is 12.2. The van der Waals surface area contributed by atoms with Crippen LogP contribution in [0.2, 0.25) is 0 Å². The number of urea groups is 1. The van der Waals surface area contributed by atoms with Crippen molar-refractivity contribution in [2.24, 2.45) is 5.92 Å². The smallest absolute Gasteiger partial charge is 0.317 e. The Morgan fingerprint density at radius 3 is 2.23 bits per heavy atom. The molecule has 1 saturated heterocycles. The summed E-state index contributed by atoms with van der Waals surface area (Å²) < 4.78 is 11.9. The number of nitrogens with zero attached hydrogens (tertiary/aromatic N) is 1. The largest absolute Gasteiger partial charge is 0.338 e. The molecule has 2 heterocycles. The number of amides is 2. The zero-order valence-electron chi connectivity index (χ0n) is 17.8. The maximum absolute atomic E-state index is 12.2. The van der Waals surface area contributed by atoms with Gasteiger partial charge in [0.2, 0.25) is 0 Å². The summed E-state index contributed by atoms with van der Waals surface area (Å²) in [5.74, 6) is 0.420. The normalized spacial score (nSPS) is 19.2. The number of halogens is 1. The van der Waals surface area contributed by atoms with Crippen LogP contribution in [0.5, 0.6) is 0 Å². The second-order valence-corrected chi connectivity index (χ2v) is 8.19. The molecule has 1 unspecified atom stereocenters. The zero-order chi connectivity index (χ0) is 21.0. The predicted octanol–water partition coefficient (Wildman–Crippen LogP) is 4.75. The van der Waals surface area contributed by atoms with Crippen molar-refractivity contribution in [1.29, 1.82) is 0 Å². The Bertz CT molecular complexity index is 754. The highest BCUT2D eigenvalue weighted by Gasteiger charge is 2.21. The quantitative estimate of drug-likeness (QED) is 0.749. The van der Waals surface area contributed by atoms with Crippen molar-refractivity contribution in [3.63, 3.8) is 0 Å². The fraction of sp³-hybridized carbons (Fsp3) is 0.480. The molecule has 2 aromatic rings. The van der Waals surface area contributed by atoms with Crippen LogP contribution in [-0.2, 0) is 13.0 Å². The SMILES string of the molecule is C1CCC1.Fc1ccccc1.O=C(NCC1CCNC1)N1CCc2ccccc2C1. The second-order valence-electron chi connectivity index (χ2n) is 8.19. The number of benzene rings is 2. The highest BCUT2D eigenvalue weighted by Crippen LogP contribution is 2.18. The van der Waals surface area contributed by atoms with Gasteiger partial charge >= 0.3 is 6.03 Å². The molecule has 3 aliphatic rings. The third kappa shape index (κ3) is 7.45. The Hall–Kier alpha value is -2.40. The minimum Gasteiger partial charge on any atom is -0.338 e. The number of carbonyl (C=O) groups is 1. The van der Waals surface area contributed by atoms with E-state index < -0.39 is 0 Å². The maximum Gasteiger partial charge on any atom is 0.317 e. The number of nitrogens with one attached hydrogen (secondary N) is 2. The Morgan fingerprint density at radius 2 is 1.67 bits per heavy atom. The minimum absolute atomic E-state index is 0.0846. The molecule has 5 heteroatoms. The number of fused-ring (bicyclic) bond motifs is 1. The third-order valence-corrected chi connectivity index (χ3v) is 5.86. The lowest BCUT2D eigenvalue weighted by molar-refractivity contribution is 0.191. The van der Waals surface area contributed by atoms with Gasteiger partial charge in [-0.05, 0) is 55.1 Å². The van der Waals surface area contributed by atoms with Gasteiger partial charge in [-0.1, -0.05) is 68.1 Å².